The molecule has 2 amide bonds. The SMILES string of the molecule is CN1CCCC1C(=O)N1CCN(C(=O)C2CCNCC2)CC1. The van der Waals surface area contributed by atoms with Gasteiger partial charge in [-0.25, -0.2) is 0 Å². The quantitative estimate of drug-likeness (QED) is 0.764. The molecular weight excluding hydrogens is 280 g/mol. The van der Waals surface area contributed by atoms with Crippen LogP contribution in [-0.2, 0) is 9.59 Å². The third-order valence-electron chi connectivity index (χ3n) is 5.40. The Hall–Kier alpha value is -1.14. The number of rotatable bonds is 2. The fourth-order valence-corrected chi connectivity index (χ4v) is 3.91. The second kappa shape index (κ2) is 6.96. The molecule has 0 aromatic carbocycles. The fraction of sp³-hybridized carbons (Fsp3) is 0.875. The summed E-state index contributed by atoms with van der Waals surface area (Å²) in [5.41, 5.74) is 0. The zero-order valence-electron chi connectivity index (χ0n) is 13.6. The molecular formula is C16H28N4O2. The van der Waals surface area contributed by atoms with Gasteiger partial charge in [0.1, 0.15) is 0 Å². The zero-order chi connectivity index (χ0) is 15.5. The molecule has 124 valence electrons. The number of likely N-dealkylation sites (N-methyl/N-ethyl adjacent to an activating group) is 1. The number of likely N-dealkylation sites (tertiary alicyclic amines) is 1. The maximum Gasteiger partial charge on any atom is 0.240 e. The molecule has 1 unspecified atom stereocenters. The molecule has 3 aliphatic heterocycles. The standard InChI is InChI=1S/C16H28N4O2/c1-18-8-2-3-14(18)16(22)20-11-9-19(10-12-20)15(21)13-4-6-17-7-5-13/h13-14,17H,2-12H2,1H3. The Morgan fingerprint density at radius 2 is 1.45 bits per heavy atom. The number of hydrogen-bond acceptors (Lipinski definition) is 4. The molecule has 3 fully saturated rings. The van der Waals surface area contributed by atoms with Crippen molar-refractivity contribution in [3.8, 4) is 0 Å². The van der Waals surface area contributed by atoms with Crippen LogP contribution in [0.3, 0.4) is 0 Å². The number of amides is 2. The van der Waals surface area contributed by atoms with Crippen molar-refractivity contribution >= 4 is 11.8 Å². The van der Waals surface area contributed by atoms with Gasteiger partial charge in [0, 0.05) is 32.1 Å². The van der Waals surface area contributed by atoms with E-state index in [4.69, 9.17) is 0 Å². The Kier molecular flexibility index (Phi) is 4.98. The van der Waals surface area contributed by atoms with Crippen molar-refractivity contribution in [3.05, 3.63) is 0 Å². The summed E-state index contributed by atoms with van der Waals surface area (Å²) in [6.45, 7) is 5.70. The minimum Gasteiger partial charge on any atom is -0.339 e. The number of nitrogens with zero attached hydrogens (tertiary/aromatic N) is 3. The molecule has 0 spiro atoms. The molecule has 0 bridgehead atoms. The van der Waals surface area contributed by atoms with Gasteiger partial charge in [0.25, 0.3) is 0 Å². The van der Waals surface area contributed by atoms with Gasteiger partial charge in [0.05, 0.1) is 6.04 Å². The summed E-state index contributed by atoms with van der Waals surface area (Å²) in [5.74, 6) is 0.741. The van der Waals surface area contributed by atoms with E-state index in [1.807, 2.05) is 16.8 Å². The highest BCUT2D eigenvalue weighted by Gasteiger charge is 2.34. The third kappa shape index (κ3) is 3.27. The zero-order valence-corrected chi connectivity index (χ0v) is 13.6. The van der Waals surface area contributed by atoms with Crippen molar-refractivity contribution in [2.45, 2.75) is 31.7 Å². The number of piperidine rings is 1. The van der Waals surface area contributed by atoms with Crippen LogP contribution in [0.15, 0.2) is 0 Å². The van der Waals surface area contributed by atoms with Crippen LogP contribution >= 0.6 is 0 Å². The first kappa shape index (κ1) is 15.7. The molecule has 0 saturated carbocycles. The minimum atomic E-state index is 0.0617. The lowest BCUT2D eigenvalue weighted by Crippen LogP contribution is -2.55. The molecule has 3 rings (SSSR count). The van der Waals surface area contributed by atoms with E-state index < -0.39 is 0 Å². The third-order valence-corrected chi connectivity index (χ3v) is 5.40. The molecule has 0 aromatic heterocycles. The molecule has 1 N–H and O–H groups in total. The Morgan fingerprint density at radius 3 is 2.00 bits per heavy atom. The molecule has 3 heterocycles. The molecule has 0 aromatic rings. The van der Waals surface area contributed by atoms with E-state index in [1.165, 1.54) is 0 Å². The van der Waals surface area contributed by atoms with E-state index in [1.54, 1.807) is 0 Å². The monoisotopic (exact) mass is 308 g/mol. The smallest absolute Gasteiger partial charge is 0.240 e. The number of carbonyl (C=O) groups is 2. The van der Waals surface area contributed by atoms with Crippen LogP contribution in [0, 0.1) is 5.92 Å². The van der Waals surface area contributed by atoms with E-state index in [0.29, 0.717) is 32.1 Å². The summed E-state index contributed by atoms with van der Waals surface area (Å²) in [6, 6.07) is 0.0617. The van der Waals surface area contributed by atoms with Crippen LogP contribution in [-0.4, -0.2) is 85.4 Å². The Labute approximate surface area is 132 Å². The van der Waals surface area contributed by atoms with E-state index in [2.05, 4.69) is 10.2 Å². The maximum atomic E-state index is 12.6. The maximum absolute atomic E-state index is 12.6. The summed E-state index contributed by atoms with van der Waals surface area (Å²) in [4.78, 5) is 31.2. The second-order valence-electron chi connectivity index (χ2n) is 6.81. The molecule has 22 heavy (non-hydrogen) atoms. The topological polar surface area (TPSA) is 55.9 Å². The van der Waals surface area contributed by atoms with Crippen LogP contribution < -0.4 is 5.32 Å². The minimum absolute atomic E-state index is 0.0617. The highest BCUT2D eigenvalue weighted by molar-refractivity contribution is 5.83. The summed E-state index contributed by atoms with van der Waals surface area (Å²) < 4.78 is 0. The number of nitrogens with one attached hydrogen (secondary N) is 1. The van der Waals surface area contributed by atoms with Gasteiger partial charge in [-0.2, -0.15) is 0 Å². The molecule has 3 aliphatic rings. The van der Waals surface area contributed by atoms with Crippen LogP contribution in [0.1, 0.15) is 25.7 Å². The Morgan fingerprint density at radius 1 is 0.864 bits per heavy atom. The Bertz CT molecular complexity index is 414. The molecule has 0 radical (unpaired) electrons. The van der Waals surface area contributed by atoms with Crippen LogP contribution in [0.25, 0.3) is 0 Å². The summed E-state index contributed by atoms with van der Waals surface area (Å²) >= 11 is 0. The predicted octanol–water partition coefficient (Wildman–Crippen LogP) is -0.249. The first-order valence-electron chi connectivity index (χ1n) is 8.65. The first-order chi connectivity index (χ1) is 10.7. The van der Waals surface area contributed by atoms with Crippen molar-refractivity contribution in [3.63, 3.8) is 0 Å². The lowest BCUT2D eigenvalue weighted by Gasteiger charge is -2.38. The summed E-state index contributed by atoms with van der Waals surface area (Å²) in [6.07, 6.45) is 3.99. The van der Waals surface area contributed by atoms with Gasteiger partial charge in [-0.05, 0) is 52.4 Å². The largest absolute Gasteiger partial charge is 0.339 e. The van der Waals surface area contributed by atoms with E-state index >= 15 is 0 Å². The molecule has 3 saturated heterocycles. The molecule has 0 aliphatic carbocycles. The van der Waals surface area contributed by atoms with Crippen LogP contribution in [0.4, 0.5) is 0 Å². The molecule has 6 heteroatoms. The lowest BCUT2D eigenvalue weighted by molar-refractivity contribution is -0.144. The van der Waals surface area contributed by atoms with Gasteiger partial charge in [-0.3, -0.25) is 14.5 Å². The van der Waals surface area contributed by atoms with Crippen LogP contribution in [0.2, 0.25) is 0 Å². The van der Waals surface area contributed by atoms with Crippen LogP contribution in [0.5, 0.6) is 0 Å². The van der Waals surface area contributed by atoms with Gasteiger partial charge < -0.3 is 15.1 Å². The van der Waals surface area contributed by atoms with Crippen molar-refractivity contribution in [2.24, 2.45) is 5.92 Å². The summed E-state index contributed by atoms with van der Waals surface area (Å²) in [7, 11) is 2.03. The van der Waals surface area contributed by atoms with Crippen molar-refractivity contribution in [2.75, 3.05) is 52.9 Å². The van der Waals surface area contributed by atoms with Gasteiger partial charge in [-0.15, -0.1) is 0 Å². The van der Waals surface area contributed by atoms with Crippen molar-refractivity contribution in [1.29, 1.82) is 0 Å². The van der Waals surface area contributed by atoms with Crippen molar-refractivity contribution < 1.29 is 9.59 Å². The predicted molar refractivity (Wildman–Crippen MR) is 84.4 cm³/mol. The van der Waals surface area contributed by atoms with Gasteiger partial charge in [0.15, 0.2) is 0 Å². The highest BCUT2D eigenvalue weighted by atomic mass is 16.2. The molecule has 6 nitrogen and oxygen atoms in total. The number of carbonyl (C=O) groups excluding carboxylic acids is 2. The molecule has 1 atom stereocenters. The average molecular weight is 308 g/mol. The van der Waals surface area contributed by atoms with E-state index in [-0.39, 0.29) is 17.9 Å². The lowest BCUT2D eigenvalue weighted by atomic mass is 9.96. The normalized spacial score (nSPS) is 28.1. The average Bonchev–Trinajstić information content (AvgIpc) is 3.00. The second-order valence-corrected chi connectivity index (χ2v) is 6.81. The van der Waals surface area contributed by atoms with Gasteiger partial charge in [0.2, 0.25) is 11.8 Å². The number of piperazine rings is 1. The summed E-state index contributed by atoms with van der Waals surface area (Å²) in [5, 5.41) is 3.30. The highest BCUT2D eigenvalue weighted by Crippen LogP contribution is 2.20. The van der Waals surface area contributed by atoms with Gasteiger partial charge >= 0.3 is 0 Å². The number of hydrogen-bond donors (Lipinski definition) is 1. The van der Waals surface area contributed by atoms with E-state index in [0.717, 1.165) is 45.3 Å². The van der Waals surface area contributed by atoms with Gasteiger partial charge in [-0.1, -0.05) is 0 Å². The van der Waals surface area contributed by atoms with Crippen molar-refractivity contribution in [1.82, 2.24) is 20.0 Å². The van der Waals surface area contributed by atoms with E-state index in [9.17, 15) is 9.59 Å². The fourth-order valence-electron chi connectivity index (χ4n) is 3.91. The first-order valence-corrected chi connectivity index (χ1v) is 8.65. The Balaban J connectivity index is 1.49.